The van der Waals surface area contributed by atoms with Crippen LogP contribution in [0.25, 0.3) is 11.1 Å². The molecular weight excluding hydrogens is 372 g/mol. The van der Waals surface area contributed by atoms with E-state index in [1.807, 2.05) is 48.5 Å². The third kappa shape index (κ3) is 4.23. The van der Waals surface area contributed by atoms with Crippen molar-refractivity contribution >= 4 is 18.0 Å². The van der Waals surface area contributed by atoms with Gasteiger partial charge in [-0.15, -0.1) is 0 Å². The molecule has 0 saturated carbocycles. The fourth-order valence-electron chi connectivity index (χ4n) is 3.45. The molecule has 1 aliphatic carbocycles. The molecule has 3 N–H and O–H groups in total. The van der Waals surface area contributed by atoms with Crippen molar-refractivity contribution in [3.63, 3.8) is 0 Å². The van der Waals surface area contributed by atoms with Crippen LogP contribution in [0.1, 0.15) is 37.3 Å². The van der Waals surface area contributed by atoms with Gasteiger partial charge in [0.1, 0.15) is 18.7 Å². The highest BCUT2D eigenvalue weighted by molar-refractivity contribution is 5.89. The van der Waals surface area contributed by atoms with E-state index < -0.39 is 23.5 Å². The molecule has 29 heavy (non-hydrogen) atoms. The Hall–Kier alpha value is -3.35. The van der Waals surface area contributed by atoms with Gasteiger partial charge >= 0.3 is 12.1 Å². The van der Waals surface area contributed by atoms with Crippen LogP contribution < -0.4 is 10.6 Å². The zero-order chi connectivity index (χ0) is 21.0. The van der Waals surface area contributed by atoms with E-state index >= 15 is 0 Å². The molecule has 0 spiro atoms. The lowest BCUT2D eigenvalue weighted by molar-refractivity contribution is -0.146. The van der Waals surface area contributed by atoms with Gasteiger partial charge in [0, 0.05) is 5.92 Å². The minimum absolute atomic E-state index is 0.0719. The number of ether oxygens (including phenoxy) is 1. The average molecular weight is 396 g/mol. The van der Waals surface area contributed by atoms with Gasteiger partial charge in [-0.3, -0.25) is 4.79 Å². The average Bonchev–Trinajstić information content (AvgIpc) is 3.04. The standard InChI is InChI=1S/C22H24N2O5/c1-3-22(2,20(26)27)24-19(25)12-23-21(28)29-13-18-16-10-6-4-8-14(16)15-9-5-7-11-17(15)18/h4-11,18H,3,12-13H2,1-2H3,(H,23,28)(H,24,25)(H,26,27). The summed E-state index contributed by atoms with van der Waals surface area (Å²) in [6.07, 6.45) is -0.505. The summed E-state index contributed by atoms with van der Waals surface area (Å²) < 4.78 is 5.35. The molecule has 1 atom stereocenters. The molecule has 1 aliphatic rings. The summed E-state index contributed by atoms with van der Waals surface area (Å²) in [6, 6.07) is 16.0. The molecule has 3 rings (SSSR count). The monoisotopic (exact) mass is 396 g/mol. The zero-order valence-electron chi connectivity index (χ0n) is 16.4. The smallest absolute Gasteiger partial charge is 0.407 e. The highest BCUT2D eigenvalue weighted by Gasteiger charge is 2.33. The quantitative estimate of drug-likeness (QED) is 0.667. The van der Waals surface area contributed by atoms with E-state index in [1.165, 1.54) is 6.92 Å². The maximum Gasteiger partial charge on any atom is 0.407 e. The molecule has 7 heteroatoms. The number of benzene rings is 2. The third-order valence-electron chi connectivity index (χ3n) is 5.33. The highest BCUT2D eigenvalue weighted by Crippen LogP contribution is 2.44. The molecule has 0 saturated heterocycles. The lowest BCUT2D eigenvalue weighted by atomic mass is 9.98. The molecule has 1 unspecified atom stereocenters. The number of carbonyl (C=O) groups is 3. The normalized spacial score (nSPS) is 14.3. The predicted octanol–water partition coefficient (Wildman–Crippen LogP) is 2.89. The van der Waals surface area contributed by atoms with E-state index in [0.29, 0.717) is 0 Å². The number of nitrogens with one attached hydrogen (secondary N) is 2. The Morgan fingerprint density at radius 3 is 2.10 bits per heavy atom. The Bertz CT molecular complexity index is 897. The van der Waals surface area contributed by atoms with Gasteiger partial charge in [0.05, 0.1) is 0 Å². The van der Waals surface area contributed by atoms with Crippen molar-refractivity contribution in [1.29, 1.82) is 0 Å². The SMILES string of the molecule is CCC(C)(NC(=O)CNC(=O)OCC1c2ccccc2-c2ccccc21)C(=O)O. The number of fused-ring (bicyclic) bond motifs is 3. The number of aliphatic carboxylic acids is 1. The number of carboxylic acids is 1. The molecule has 0 aromatic heterocycles. The molecule has 0 radical (unpaired) electrons. The molecule has 2 aromatic rings. The number of hydrogen-bond acceptors (Lipinski definition) is 4. The summed E-state index contributed by atoms with van der Waals surface area (Å²) in [6.45, 7) is 2.86. The van der Waals surface area contributed by atoms with Gasteiger partial charge in [0.25, 0.3) is 0 Å². The van der Waals surface area contributed by atoms with Crippen molar-refractivity contribution in [3.8, 4) is 11.1 Å². The summed E-state index contributed by atoms with van der Waals surface area (Å²) in [5, 5.41) is 14.0. The van der Waals surface area contributed by atoms with Gasteiger partial charge in [0.2, 0.25) is 5.91 Å². The van der Waals surface area contributed by atoms with Crippen LogP contribution in [0.2, 0.25) is 0 Å². The second kappa shape index (κ2) is 8.34. The van der Waals surface area contributed by atoms with Gasteiger partial charge in [-0.2, -0.15) is 0 Å². The minimum atomic E-state index is -1.38. The first-order chi connectivity index (χ1) is 13.9. The largest absolute Gasteiger partial charge is 0.480 e. The molecule has 0 bridgehead atoms. The van der Waals surface area contributed by atoms with Crippen LogP contribution >= 0.6 is 0 Å². The number of hydrogen-bond donors (Lipinski definition) is 3. The molecule has 2 aromatic carbocycles. The third-order valence-corrected chi connectivity index (χ3v) is 5.33. The first-order valence-electron chi connectivity index (χ1n) is 9.49. The number of alkyl carbamates (subject to hydrolysis) is 1. The van der Waals surface area contributed by atoms with Crippen LogP contribution in [-0.2, 0) is 14.3 Å². The summed E-state index contributed by atoms with van der Waals surface area (Å²) in [5.74, 6) is -1.79. The van der Waals surface area contributed by atoms with E-state index in [1.54, 1.807) is 6.92 Å². The van der Waals surface area contributed by atoms with E-state index in [2.05, 4.69) is 10.6 Å². The number of carbonyl (C=O) groups excluding carboxylic acids is 2. The zero-order valence-corrected chi connectivity index (χ0v) is 16.4. The molecule has 152 valence electrons. The molecule has 2 amide bonds. The van der Waals surface area contributed by atoms with Crippen LogP contribution in [-0.4, -0.2) is 41.8 Å². The fraction of sp³-hybridized carbons (Fsp3) is 0.318. The van der Waals surface area contributed by atoms with Crippen molar-refractivity contribution in [1.82, 2.24) is 10.6 Å². The minimum Gasteiger partial charge on any atom is -0.480 e. The number of rotatable bonds is 7. The van der Waals surface area contributed by atoms with Crippen LogP contribution in [0, 0.1) is 0 Å². The topological polar surface area (TPSA) is 105 Å². The Labute approximate surface area is 169 Å². The van der Waals surface area contributed by atoms with Gasteiger partial charge in [-0.05, 0) is 35.6 Å². The van der Waals surface area contributed by atoms with Crippen LogP contribution in [0.4, 0.5) is 4.79 Å². The summed E-state index contributed by atoms with van der Waals surface area (Å²) in [4.78, 5) is 35.3. The predicted molar refractivity (Wildman–Crippen MR) is 108 cm³/mol. The Morgan fingerprint density at radius 1 is 1.03 bits per heavy atom. The molecule has 0 heterocycles. The number of amides is 2. The maximum atomic E-state index is 12.1. The van der Waals surface area contributed by atoms with Crippen molar-refractivity contribution in [2.24, 2.45) is 0 Å². The lowest BCUT2D eigenvalue weighted by Gasteiger charge is -2.24. The molecule has 0 fully saturated rings. The van der Waals surface area contributed by atoms with Gasteiger partial charge in [-0.25, -0.2) is 9.59 Å². The van der Waals surface area contributed by atoms with E-state index in [0.717, 1.165) is 22.3 Å². The van der Waals surface area contributed by atoms with Gasteiger partial charge in [0.15, 0.2) is 0 Å². The van der Waals surface area contributed by atoms with Crippen molar-refractivity contribution in [3.05, 3.63) is 59.7 Å². The molecular formula is C22H24N2O5. The van der Waals surface area contributed by atoms with E-state index in [-0.39, 0.29) is 25.5 Å². The van der Waals surface area contributed by atoms with Crippen LogP contribution in [0.5, 0.6) is 0 Å². The number of carboxylic acid groups (broad SMARTS) is 1. The first kappa shape index (κ1) is 20.4. The Balaban J connectivity index is 1.56. The van der Waals surface area contributed by atoms with Crippen molar-refractivity contribution in [2.45, 2.75) is 31.7 Å². The van der Waals surface area contributed by atoms with Crippen molar-refractivity contribution < 1.29 is 24.2 Å². The van der Waals surface area contributed by atoms with E-state index in [9.17, 15) is 19.5 Å². The molecule has 7 nitrogen and oxygen atoms in total. The first-order valence-corrected chi connectivity index (χ1v) is 9.49. The fourth-order valence-corrected chi connectivity index (χ4v) is 3.45. The van der Waals surface area contributed by atoms with Gasteiger partial charge in [-0.1, -0.05) is 55.5 Å². The second-order valence-corrected chi connectivity index (χ2v) is 7.22. The maximum absolute atomic E-state index is 12.1. The molecule has 0 aliphatic heterocycles. The lowest BCUT2D eigenvalue weighted by Crippen LogP contribution is -2.54. The van der Waals surface area contributed by atoms with Crippen LogP contribution in [0.15, 0.2) is 48.5 Å². The summed E-state index contributed by atoms with van der Waals surface area (Å²) in [7, 11) is 0. The highest BCUT2D eigenvalue weighted by atomic mass is 16.5. The summed E-state index contributed by atoms with van der Waals surface area (Å²) >= 11 is 0. The Kier molecular flexibility index (Phi) is 5.87. The van der Waals surface area contributed by atoms with Crippen LogP contribution in [0.3, 0.4) is 0 Å². The van der Waals surface area contributed by atoms with Gasteiger partial charge < -0.3 is 20.5 Å². The van der Waals surface area contributed by atoms with Crippen molar-refractivity contribution in [2.75, 3.05) is 13.2 Å². The Morgan fingerprint density at radius 2 is 1.59 bits per heavy atom. The van der Waals surface area contributed by atoms with E-state index in [4.69, 9.17) is 4.74 Å². The second-order valence-electron chi connectivity index (χ2n) is 7.22. The summed E-state index contributed by atoms with van der Waals surface area (Å²) in [5.41, 5.74) is 3.08.